The van der Waals surface area contributed by atoms with Crippen molar-refractivity contribution in [3.63, 3.8) is 0 Å². The first-order chi connectivity index (χ1) is 7.69. The minimum absolute atomic E-state index is 0.294. The molecule has 0 aromatic heterocycles. The van der Waals surface area contributed by atoms with Crippen LogP contribution in [-0.2, 0) is 9.59 Å². The fourth-order valence-corrected chi connectivity index (χ4v) is 1.65. The Morgan fingerprint density at radius 1 is 1.18 bits per heavy atom. The molecule has 0 heterocycles. The predicted molar refractivity (Wildman–Crippen MR) is 66.8 cm³/mol. The Hall–Kier alpha value is -1.10. The van der Waals surface area contributed by atoms with Crippen LogP contribution in [0.25, 0.3) is 0 Å². The zero-order valence-electron chi connectivity index (χ0n) is 11.4. The Morgan fingerprint density at radius 3 is 2.06 bits per heavy atom. The minimum atomic E-state index is -1.20. The number of likely N-dealkylation sites (N-methyl/N-ethyl adjacent to an activating group) is 1. The first-order valence-corrected chi connectivity index (χ1v) is 6.00. The van der Waals surface area contributed by atoms with Crippen LogP contribution in [-0.4, -0.2) is 34.6 Å². The Labute approximate surface area is 103 Å². The van der Waals surface area contributed by atoms with Crippen LogP contribution in [0.5, 0.6) is 0 Å². The van der Waals surface area contributed by atoms with Gasteiger partial charge in [0.2, 0.25) is 5.91 Å². The third kappa shape index (κ3) is 4.34. The Balaban J connectivity index is 4.78. The smallest absolute Gasteiger partial charge is 0.329 e. The zero-order valence-corrected chi connectivity index (χ0v) is 11.4. The molecule has 100 valence electrons. The summed E-state index contributed by atoms with van der Waals surface area (Å²) in [7, 11) is 0. The predicted octanol–water partition coefficient (Wildman–Crippen LogP) is 1.13. The topological polar surface area (TPSA) is 78.4 Å². The molecule has 0 aromatic rings. The Kier molecular flexibility index (Phi) is 5.61. The summed E-state index contributed by atoms with van der Waals surface area (Å²) in [6.07, 6.45) is 1.11. The van der Waals surface area contributed by atoms with Crippen molar-refractivity contribution in [1.82, 2.24) is 10.6 Å². The number of aliphatic carboxylic acids is 1. The maximum Gasteiger partial charge on any atom is 0.329 e. The van der Waals surface area contributed by atoms with E-state index in [9.17, 15) is 14.7 Å². The lowest BCUT2D eigenvalue weighted by Gasteiger charge is -2.32. The molecule has 0 aliphatic carbocycles. The molecular formula is C12H24N2O3. The van der Waals surface area contributed by atoms with E-state index >= 15 is 0 Å². The van der Waals surface area contributed by atoms with E-state index in [4.69, 9.17) is 0 Å². The van der Waals surface area contributed by atoms with Crippen molar-refractivity contribution in [3.8, 4) is 0 Å². The molecule has 0 aliphatic rings. The lowest BCUT2D eigenvalue weighted by Crippen LogP contribution is -2.61. The number of nitrogens with one attached hydrogen (secondary N) is 2. The fraction of sp³-hybridized carbons (Fsp3) is 0.833. The molecule has 1 amide bonds. The van der Waals surface area contributed by atoms with Crippen LogP contribution in [0.3, 0.4) is 0 Å². The van der Waals surface area contributed by atoms with Crippen LogP contribution < -0.4 is 10.6 Å². The van der Waals surface area contributed by atoms with Crippen LogP contribution in [0.1, 0.15) is 47.5 Å². The van der Waals surface area contributed by atoms with E-state index in [0.717, 1.165) is 0 Å². The largest absolute Gasteiger partial charge is 0.480 e. The molecule has 0 fully saturated rings. The molecule has 0 bridgehead atoms. The van der Waals surface area contributed by atoms with Crippen molar-refractivity contribution in [1.29, 1.82) is 0 Å². The summed E-state index contributed by atoms with van der Waals surface area (Å²) in [5, 5.41) is 14.8. The second-order valence-electron chi connectivity index (χ2n) is 5.00. The van der Waals surface area contributed by atoms with Gasteiger partial charge in [0.1, 0.15) is 5.54 Å². The van der Waals surface area contributed by atoms with E-state index in [1.807, 2.05) is 13.8 Å². The summed E-state index contributed by atoms with van der Waals surface area (Å²) in [6, 6.07) is 0. The Bertz CT molecular complexity index is 289. The van der Waals surface area contributed by atoms with Crippen molar-refractivity contribution < 1.29 is 14.7 Å². The van der Waals surface area contributed by atoms with Crippen LogP contribution >= 0.6 is 0 Å². The van der Waals surface area contributed by atoms with Gasteiger partial charge < -0.3 is 15.7 Å². The summed E-state index contributed by atoms with van der Waals surface area (Å²) < 4.78 is 0. The number of hydrogen-bond donors (Lipinski definition) is 3. The van der Waals surface area contributed by atoms with Crippen LogP contribution in [0.2, 0.25) is 0 Å². The fourth-order valence-electron chi connectivity index (χ4n) is 1.65. The van der Waals surface area contributed by atoms with Crippen molar-refractivity contribution in [3.05, 3.63) is 0 Å². The molecule has 17 heavy (non-hydrogen) atoms. The molecule has 3 N–H and O–H groups in total. The first kappa shape index (κ1) is 15.9. The lowest BCUT2D eigenvalue weighted by molar-refractivity contribution is -0.148. The average Bonchev–Trinajstić information content (AvgIpc) is 2.17. The molecule has 0 spiro atoms. The molecule has 0 saturated heterocycles. The van der Waals surface area contributed by atoms with Crippen LogP contribution in [0.15, 0.2) is 0 Å². The van der Waals surface area contributed by atoms with E-state index < -0.39 is 17.0 Å². The van der Waals surface area contributed by atoms with Gasteiger partial charge in [-0.2, -0.15) is 0 Å². The molecular weight excluding hydrogens is 220 g/mol. The summed E-state index contributed by atoms with van der Waals surface area (Å²) in [4.78, 5) is 23.2. The van der Waals surface area contributed by atoms with Gasteiger partial charge in [-0.05, 0) is 33.7 Å². The summed E-state index contributed by atoms with van der Waals surface area (Å²) >= 11 is 0. The highest BCUT2D eigenvalue weighted by atomic mass is 16.4. The van der Waals surface area contributed by atoms with Crippen molar-refractivity contribution in [2.24, 2.45) is 0 Å². The first-order valence-electron chi connectivity index (χ1n) is 6.00. The van der Waals surface area contributed by atoms with Crippen molar-refractivity contribution in [2.75, 3.05) is 6.54 Å². The third-order valence-corrected chi connectivity index (χ3v) is 2.80. The normalized spacial score (nSPS) is 15.1. The van der Waals surface area contributed by atoms with Crippen LogP contribution in [0, 0.1) is 0 Å². The van der Waals surface area contributed by atoms with Gasteiger partial charge >= 0.3 is 5.97 Å². The monoisotopic (exact) mass is 244 g/mol. The summed E-state index contributed by atoms with van der Waals surface area (Å²) in [5.41, 5.74) is -1.96. The van der Waals surface area contributed by atoms with Crippen LogP contribution in [0.4, 0.5) is 0 Å². The third-order valence-electron chi connectivity index (χ3n) is 2.80. The second-order valence-corrected chi connectivity index (χ2v) is 5.00. The Morgan fingerprint density at radius 2 is 1.71 bits per heavy atom. The maximum atomic E-state index is 12.0. The second kappa shape index (κ2) is 6.00. The maximum absolute atomic E-state index is 12.0. The number of amides is 1. The molecule has 1 unspecified atom stereocenters. The van der Waals surface area contributed by atoms with E-state index in [-0.39, 0.29) is 5.91 Å². The number of carbonyl (C=O) groups excluding carboxylic acids is 1. The van der Waals surface area contributed by atoms with E-state index in [2.05, 4.69) is 10.6 Å². The quantitative estimate of drug-likeness (QED) is 0.627. The molecule has 0 aromatic carbocycles. The van der Waals surface area contributed by atoms with Gasteiger partial charge in [0.25, 0.3) is 0 Å². The number of carboxylic acids is 1. The summed E-state index contributed by atoms with van der Waals surface area (Å²) in [6.45, 7) is 9.46. The highest BCUT2D eigenvalue weighted by molar-refractivity contribution is 5.91. The van der Waals surface area contributed by atoms with Gasteiger partial charge in [-0.3, -0.25) is 4.79 Å². The number of carboxylic acid groups (broad SMARTS) is 1. The highest BCUT2D eigenvalue weighted by Crippen LogP contribution is 2.14. The molecule has 1 atom stereocenters. The van der Waals surface area contributed by atoms with Gasteiger partial charge in [-0.25, -0.2) is 4.79 Å². The van der Waals surface area contributed by atoms with Crippen molar-refractivity contribution >= 4 is 11.9 Å². The zero-order chi connectivity index (χ0) is 13.7. The van der Waals surface area contributed by atoms with Crippen molar-refractivity contribution in [2.45, 2.75) is 58.5 Å². The van der Waals surface area contributed by atoms with E-state index in [0.29, 0.717) is 19.4 Å². The molecule has 5 nitrogen and oxygen atoms in total. The van der Waals surface area contributed by atoms with Gasteiger partial charge in [0.05, 0.1) is 5.54 Å². The molecule has 0 rings (SSSR count). The SMILES string of the molecule is CCCC(C)(NC(=O)C(C)(C)NCC)C(=O)O. The minimum Gasteiger partial charge on any atom is -0.480 e. The molecule has 0 aliphatic heterocycles. The number of carbonyl (C=O) groups is 2. The standard InChI is InChI=1S/C12H24N2O3/c1-6-8-12(5,10(16)17)14-9(15)11(3,4)13-7-2/h13H,6-8H2,1-5H3,(H,14,15)(H,16,17). The molecule has 0 saturated carbocycles. The summed E-state index contributed by atoms with van der Waals surface area (Å²) in [5.74, 6) is -1.29. The van der Waals surface area contributed by atoms with Gasteiger partial charge in [-0.1, -0.05) is 20.3 Å². The average molecular weight is 244 g/mol. The lowest BCUT2D eigenvalue weighted by atomic mass is 9.94. The number of rotatable bonds is 7. The van der Waals surface area contributed by atoms with Gasteiger partial charge in [-0.15, -0.1) is 0 Å². The highest BCUT2D eigenvalue weighted by Gasteiger charge is 2.38. The van der Waals surface area contributed by atoms with E-state index in [1.54, 1.807) is 20.8 Å². The van der Waals surface area contributed by atoms with Gasteiger partial charge in [0, 0.05) is 0 Å². The molecule has 5 heteroatoms. The van der Waals surface area contributed by atoms with Gasteiger partial charge in [0.15, 0.2) is 0 Å². The molecule has 0 radical (unpaired) electrons. The number of hydrogen-bond acceptors (Lipinski definition) is 3. The van der Waals surface area contributed by atoms with E-state index in [1.165, 1.54) is 0 Å².